The highest BCUT2D eigenvalue weighted by Crippen LogP contribution is 2.41. The molecule has 156 valence electrons. The number of hydrogen-bond acceptors (Lipinski definition) is 5. The maximum atomic E-state index is 12.9. The second kappa shape index (κ2) is 6.35. The summed E-state index contributed by atoms with van der Waals surface area (Å²) in [7, 11) is 0. The molecule has 8 nitrogen and oxygen atoms in total. The van der Waals surface area contributed by atoms with Gasteiger partial charge in [0.15, 0.2) is 0 Å². The Morgan fingerprint density at radius 1 is 1.20 bits per heavy atom. The second-order valence-electron chi connectivity index (χ2n) is 9.01. The molecule has 4 heterocycles. The van der Waals surface area contributed by atoms with Crippen molar-refractivity contribution in [2.75, 3.05) is 6.54 Å². The molecular weight excluding hydrogens is 384 g/mol. The van der Waals surface area contributed by atoms with E-state index in [9.17, 15) is 14.4 Å². The maximum Gasteiger partial charge on any atom is 0.410 e. The number of carbonyl (C=O) groups is 3. The Balaban J connectivity index is 1.63. The molecule has 1 saturated heterocycles. The normalized spacial score (nSPS) is 23.4. The van der Waals surface area contributed by atoms with Crippen molar-refractivity contribution in [2.45, 2.75) is 51.3 Å². The highest BCUT2D eigenvalue weighted by Gasteiger charge is 2.43. The fourth-order valence-corrected chi connectivity index (χ4v) is 4.74. The van der Waals surface area contributed by atoms with Gasteiger partial charge in [-0.25, -0.2) is 4.79 Å². The van der Waals surface area contributed by atoms with Crippen LogP contribution in [0.4, 0.5) is 4.79 Å². The number of imide groups is 1. The van der Waals surface area contributed by atoms with Gasteiger partial charge < -0.3 is 19.9 Å². The van der Waals surface area contributed by atoms with E-state index in [1.165, 1.54) is 0 Å². The first kappa shape index (κ1) is 18.7. The zero-order chi connectivity index (χ0) is 21.2. The quantitative estimate of drug-likeness (QED) is 0.630. The molecule has 1 fully saturated rings. The molecule has 1 aromatic carbocycles. The van der Waals surface area contributed by atoms with Crippen molar-refractivity contribution in [3.63, 3.8) is 0 Å². The number of H-pyrrole nitrogens is 1. The van der Waals surface area contributed by atoms with Crippen LogP contribution in [-0.2, 0) is 14.3 Å². The van der Waals surface area contributed by atoms with Crippen LogP contribution in [0.1, 0.15) is 50.8 Å². The number of amides is 3. The van der Waals surface area contributed by atoms with Gasteiger partial charge in [-0.2, -0.15) is 0 Å². The number of hydrogen-bond donors (Lipinski definition) is 3. The number of aromatic nitrogens is 1. The van der Waals surface area contributed by atoms with Gasteiger partial charge in [-0.1, -0.05) is 12.1 Å². The highest BCUT2D eigenvalue weighted by molar-refractivity contribution is 6.37. The predicted octanol–water partition coefficient (Wildman–Crippen LogP) is 2.58. The summed E-state index contributed by atoms with van der Waals surface area (Å²) in [6, 6.07) is 5.33. The summed E-state index contributed by atoms with van der Waals surface area (Å²) in [5.74, 6) is -0.849. The lowest BCUT2D eigenvalue weighted by molar-refractivity contribution is -0.123. The van der Waals surface area contributed by atoms with Crippen molar-refractivity contribution in [1.82, 2.24) is 20.5 Å². The number of likely N-dealkylation sites (tertiary alicyclic amines) is 1. The molecule has 2 aromatic rings. The molecule has 3 N–H and O–H groups in total. The van der Waals surface area contributed by atoms with Crippen molar-refractivity contribution < 1.29 is 19.1 Å². The van der Waals surface area contributed by atoms with Gasteiger partial charge in [0, 0.05) is 29.2 Å². The maximum absolute atomic E-state index is 12.9. The molecule has 3 amide bonds. The number of nitrogens with one attached hydrogen (secondary N) is 3. The lowest BCUT2D eigenvalue weighted by Crippen LogP contribution is -2.46. The first-order chi connectivity index (χ1) is 14.2. The van der Waals surface area contributed by atoms with Crippen LogP contribution in [0, 0.1) is 0 Å². The van der Waals surface area contributed by atoms with E-state index < -0.39 is 17.4 Å². The minimum absolute atomic E-state index is 0.205. The van der Waals surface area contributed by atoms with Gasteiger partial charge >= 0.3 is 6.09 Å². The van der Waals surface area contributed by atoms with E-state index in [4.69, 9.17) is 4.74 Å². The fourth-order valence-electron chi connectivity index (χ4n) is 4.74. The molecule has 8 heteroatoms. The third-order valence-corrected chi connectivity index (χ3v) is 5.89. The number of rotatable bonds is 1. The molecular formula is C22H24N4O4. The molecule has 0 aliphatic carbocycles. The minimum Gasteiger partial charge on any atom is -0.444 e. The standard InChI is InChI=1S/C22H24N4O4/c1-22(2,3)30-21(29)26-9-5-8-14(26)17-11-6-4-7-13-15(11)12(10-23-13)16-18(24-17)20(28)25-19(16)27/h4,6-7,10,14,17,23-24H,5,8-9H2,1-3H3,(H,25,27,28). The van der Waals surface area contributed by atoms with Crippen molar-refractivity contribution in [3.05, 3.63) is 41.2 Å². The first-order valence-electron chi connectivity index (χ1n) is 10.2. The molecule has 0 radical (unpaired) electrons. The number of ether oxygens (including phenoxy) is 1. The van der Waals surface area contributed by atoms with Gasteiger partial charge in [-0.3, -0.25) is 14.9 Å². The molecule has 0 saturated carbocycles. The summed E-state index contributed by atoms with van der Waals surface area (Å²) in [5, 5.41) is 6.62. The summed E-state index contributed by atoms with van der Waals surface area (Å²) >= 11 is 0. The summed E-state index contributed by atoms with van der Waals surface area (Å²) in [6.07, 6.45) is 3.02. The Bertz CT molecular complexity index is 1120. The Kier molecular flexibility index (Phi) is 3.96. The van der Waals surface area contributed by atoms with Crippen LogP contribution < -0.4 is 10.6 Å². The van der Waals surface area contributed by atoms with Gasteiger partial charge in [0.2, 0.25) is 0 Å². The van der Waals surface area contributed by atoms with Crippen molar-refractivity contribution >= 4 is 34.4 Å². The zero-order valence-corrected chi connectivity index (χ0v) is 17.2. The van der Waals surface area contributed by atoms with E-state index in [2.05, 4.69) is 15.6 Å². The van der Waals surface area contributed by atoms with E-state index in [1.807, 2.05) is 39.0 Å². The molecule has 3 aliphatic heterocycles. The summed E-state index contributed by atoms with van der Waals surface area (Å²) in [5.41, 5.74) is 2.57. The third-order valence-electron chi connectivity index (χ3n) is 5.89. The topological polar surface area (TPSA) is 104 Å². The van der Waals surface area contributed by atoms with Crippen molar-refractivity contribution in [1.29, 1.82) is 0 Å². The van der Waals surface area contributed by atoms with Gasteiger partial charge in [0.1, 0.15) is 11.3 Å². The van der Waals surface area contributed by atoms with Gasteiger partial charge in [-0.15, -0.1) is 0 Å². The molecule has 1 aromatic heterocycles. The highest BCUT2D eigenvalue weighted by atomic mass is 16.6. The van der Waals surface area contributed by atoms with E-state index in [0.29, 0.717) is 17.7 Å². The van der Waals surface area contributed by atoms with E-state index in [-0.39, 0.29) is 23.9 Å². The largest absolute Gasteiger partial charge is 0.444 e. The Hall–Kier alpha value is -3.29. The Labute approximate surface area is 173 Å². The summed E-state index contributed by atoms with van der Waals surface area (Å²) in [4.78, 5) is 43.0. The lowest BCUT2D eigenvalue weighted by atomic mass is 9.93. The number of fused-ring (bicyclic) bond motifs is 1. The number of carbonyl (C=O) groups excluding carboxylic acids is 3. The van der Waals surface area contributed by atoms with Gasteiger partial charge in [-0.05, 0) is 45.2 Å². The van der Waals surface area contributed by atoms with Crippen LogP contribution in [-0.4, -0.2) is 46.0 Å². The van der Waals surface area contributed by atoms with Crippen LogP contribution >= 0.6 is 0 Å². The first-order valence-corrected chi connectivity index (χ1v) is 10.2. The van der Waals surface area contributed by atoms with E-state index >= 15 is 0 Å². The fraction of sp³-hybridized carbons (Fsp3) is 0.409. The second-order valence-corrected chi connectivity index (χ2v) is 9.01. The van der Waals surface area contributed by atoms with Crippen LogP contribution in [0.25, 0.3) is 16.5 Å². The Morgan fingerprint density at radius 3 is 2.77 bits per heavy atom. The Morgan fingerprint density at radius 2 is 2.00 bits per heavy atom. The summed E-state index contributed by atoms with van der Waals surface area (Å²) in [6.45, 7) is 6.12. The smallest absolute Gasteiger partial charge is 0.410 e. The average Bonchev–Trinajstić information content (AvgIpc) is 3.33. The molecule has 0 bridgehead atoms. The van der Waals surface area contributed by atoms with Crippen molar-refractivity contribution in [3.8, 4) is 0 Å². The van der Waals surface area contributed by atoms with E-state index in [0.717, 1.165) is 29.3 Å². The van der Waals surface area contributed by atoms with Gasteiger partial charge in [0.25, 0.3) is 11.8 Å². The minimum atomic E-state index is -0.595. The monoisotopic (exact) mass is 408 g/mol. The third kappa shape index (κ3) is 2.78. The van der Waals surface area contributed by atoms with Crippen LogP contribution in [0.3, 0.4) is 0 Å². The summed E-state index contributed by atoms with van der Waals surface area (Å²) < 4.78 is 5.63. The van der Waals surface area contributed by atoms with Crippen molar-refractivity contribution in [2.24, 2.45) is 0 Å². The zero-order valence-electron chi connectivity index (χ0n) is 17.2. The average molecular weight is 408 g/mol. The van der Waals surface area contributed by atoms with Crippen LogP contribution in [0.15, 0.2) is 30.1 Å². The number of nitrogens with zero attached hydrogens (tertiary/aromatic N) is 1. The van der Waals surface area contributed by atoms with Crippen LogP contribution in [0.2, 0.25) is 0 Å². The number of aromatic amines is 1. The molecule has 30 heavy (non-hydrogen) atoms. The van der Waals surface area contributed by atoms with E-state index in [1.54, 1.807) is 11.1 Å². The molecule has 2 atom stereocenters. The number of benzene rings is 1. The van der Waals surface area contributed by atoms with Gasteiger partial charge in [0.05, 0.1) is 17.7 Å². The molecule has 3 aliphatic rings. The molecule has 0 spiro atoms. The van der Waals surface area contributed by atoms with Crippen LogP contribution in [0.5, 0.6) is 0 Å². The molecule has 2 unspecified atom stereocenters. The molecule has 5 rings (SSSR count). The lowest BCUT2D eigenvalue weighted by Gasteiger charge is -2.34. The predicted molar refractivity (Wildman–Crippen MR) is 110 cm³/mol. The SMILES string of the molecule is CC(C)(C)OC(=O)N1CCCC1C1NC2=C(C(=O)NC2=O)c2c[nH]c3cccc1c23.